The van der Waals surface area contributed by atoms with Crippen molar-refractivity contribution in [2.45, 2.75) is 5.41 Å². The van der Waals surface area contributed by atoms with Gasteiger partial charge in [-0.25, -0.2) is 4.98 Å². The van der Waals surface area contributed by atoms with Crippen molar-refractivity contribution >= 4 is 11.6 Å². The number of nitrogens with zero attached hydrogens (tertiary/aromatic N) is 3. The minimum Gasteiger partial charge on any atom is -0.208 e. The van der Waals surface area contributed by atoms with Crippen LogP contribution < -0.4 is 0 Å². The first kappa shape index (κ1) is 26.3. The number of benzene rings is 6. The molecule has 7 aromatic rings. The van der Waals surface area contributed by atoms with E-state index in [0.717, 1.165) is 33.4 Å². The summed E-state index contributed by atoms with van der Waals surface area (Å²) < 4.78 is 0. The lowest BCUT2D eigenvalue weighted by Gasteiger charge is -2.33. The molecular formula is C40H26ClN3. The molecule has 1 aromatic heterocycles. The molecule has 0 saturated carbocycles. The van der Waals surface area contributed by atoms with Gasteiger partial charge >= 0.3 is 0 Å². The van der Waals surface area contributed by atoms with Gasteiger partial charge in [0, 0.05) is 11.1 Å². The van der Waals surface area contributed by atoms with Crippen molar-refractivity contribution in [3.63, 3.8) is 0 Å². The van der Waals surface area contributed by atoms with Gasteiger partial charge in [0.05, 0.1) is 5.41 Å². The second-order valence-corrected chi connectivity index (χ2v) is 11.3. The fraction of sp³-hybridized carbons (Fsp3) is 0.0250. The van der Waals surface area contributed by atoms with Gasteiger partial charge in [-0.15, -0.1) is 0 Å². The Morgan fingerprint density at radius 2 is 0.864 bits per heavy atom. The average Bonchev–Trinajstić information content (AvgIpc) is 3.40. The molecule has 1 heterocycles. The second kappa shape index (κ2) is 10.7. The molecule has 208 valence electrons. The highest BCUT2D eigenvalue weighted by Crippen LogP contribution is 2.58. The predicted octanol–water partition coefficient (Wildman–Crippen LogP) is 9.89. The molecule has 0 saturated heterocycles. The zero-order chi connectivity index (χ0) is 29.5. The lowest BCUT2D eigenvalue weighted by molar-refractivity contribution is 0.768. The van der Waals surface area contributed by atoms with E-state index < -0.39 is 5.41 Å². The maximum absolute atomic E-state index is 6.68. The standard InChI is InChI=1S/C40H26ClN3/c41-39-43-37(31-22-11-10-21-30(31)27-15-4-1-5-16-27)42-38(44-39)33-24-14-26-35-36(33)32-23-12-13-25-34(32)40(35,28-17-6-2-7-18-28)29-19-8-3-9-20-29/h1-26H. The van der Waals surface area contributed by atoms with Crippen molar-refractivity contribution in [2.24, 2.45) is 0 Å². The van der Waals surface area contributed by atoms with Gasteiger partial charge in [-0.1, -0.05) is 158 Å². The molecule has 0 fully saturated rings. The highest BCUT2D eigenvalue weighted by molar-refractivity contribution is 6.28. The summed E-state index contributed by atoms with van der Waals surface area (Å²) in [5, 5.41) is 0.161. The van der Waals surface area contributed by atoms with Crippen LogP contribution in [0.1, 0.15) is 22.3 Å². The summed E-state index contributed by atoms with van der Waals surface area (Å²) in [4.78, 5) is 14.4. The summed E-state index contributed by atoms with van der Waals surface area (Å²) in [5.74, 6) is 1.09. The zero-order valence-electron chi connectivity index (χ0n) is 23.7. The Morgan fingerprint density at radius 1 is 0.386 bits per heavy atom. The largest absolute Gasteiger partial charge is 0.226 e. The maximum Gasteiger partial charge on any atom is 0.226 e. The van der Waals surface area contributed by atoms with E-state index in [2.05, 4.69) is 126 Å². The van der Waals surface area contributed by atoms with E-state index in [0.29, 0.717) is 11.6 Å². The molecule has 0 unspecified atom stereocenters. The first-order valence-electron chi connectivity index (χ1n) is 14.7. The molecule has 0 N–H and O–H groups in total. The van der Waals surface area contributed by atoms with E-state index >= 15 is 0 Å². The van der Waals surface area contributed by atoms with Gasteiger partial charge in [-0.05, 0) is 56.1 Å². The third kappa shape index (κ3) is 4.09. The fourth-order valence-electron chi connectivity index (χ4n) is 6.82. The van der Waals surface area contributed by atoms with Crippen molar-refractivity contribution < 1.29 is 0 Å². The summed E-state index contributed by atoms with van der Waals surface area (Å²) >= 11 is 6.68. The Morgan fingerprint density at radius 3 is 1.52 bits per heavy atom. The van der Waals surface area contributed by atoms with Gasteiger partial charge in [-0.3, -0.25) is 0 Å². The fourth-order valence-corrected chi connectivity index (χ4v) is 6.98. The molecular weight excluding hydrogens is 558 g/mol. The van der Waals surface area contributed by atoms with Gasteiger partial charge in [0.2, 0.25) is 5.28 Å². The maximum atomic E-state index is 6.68. The van der Waals surface area contributed by atoms with E-state index in [4.69, 9.17) is 21.6 Å². The Balaban J connectivity index is 1.40. The van der Waals surface area contributed by atoms with Crippen molar-refractivity contribution in [3.8, 4) is 45.0 Å². The zero-order valence-corrected chi connectivity index (χ0v) is 24.5. The third-order valence-electron chi connectivity index (χ3n) is 8.58. The quantitative estimate of drug-likeness (QED) is 0.202. The molecule has 0 radical (unpaired) electrons. The normalized spacial score (nSPS) is 12.8. The molecule has 0 atom stereocenters. The molecule has 8 rings (SSSR count). The Hall–Kier alpha value is -5.38. The van der Waals surface area contributed by atoms with Crippen LogP contribution in [0.3, 0.4) is 0 Å². The van der Waals surface area contributed by atoms with E-state index in [9.17, 15) is 0 Å². The minimum atomic E-state index is -0.510. The van der Waals surface area contributed by atoms with Crippen LogP contribution >= 0.6 is 11.6 Å². The highest BCUT2D eigenvalue weighted by atomic mass is 35.5. The van der Waals surface area contributed by atoms with Gasteiger partial charge < -0.3 is 0 Å². The molecule has 6 aromatic carbocycles. The van der Waals surface area contributed by atoms with Gasteiger partial charge in [0.25, 0.3) is 0 Å². The van der Waals surface area contributed by atoms with Crippen LogP contribution in [0.4, 0.5) is 0 Å². The van der Waals surface area contributed by atoms with Crippen LogP contribution in [-0.4, -0.2) is 15.0 Å². The van der Waals surface area contributed by atoms with Crippen molar-refractivity contribution in [2.75, 3.05) is 0 Å². The van der Waals surface area contributed by atoms with Crippen LogP contribution in [0.5, 0.6) is 0 Å². The third-order valence-corrected chi connectivity index (χ3v) is 8.75. The topological polar surface area (TPSA) is 38.7 Å². The van der Waals surface area contributed by atoms with E-state index in [1.807, 2.05) is 36.4 Å². The summed E-state index contributed by atoms with van der Waals surface area (Å²) in [7, 11) is 0. The minimum absolute atomic E-state index is 0.161. The average molecular weight is 584 g/mol. The van der Waals surface area contributed by atoms with Crippen LogP contribution in [0, 0.1) is 0 Å². The Kier molecular flexibility index (Phi) is 6.40. The molecule has 0 amide bonds. The molecule has 1 aliphatic carbocycles. The molecule has 0 aliphatic heterocycles. The molecule has 44 heavy (non-hydrogen) atoms. The van der Waals surface area contributed by atoms with E-state index in [-0.39, 0.29) is 5.28 Å². The lowest BCUT2D eigenvalue weighted by atomic mass is 9.67. The number of halogens is 1. The van der Waals surface area contributed by atoms with Crippen LogP contribution in [0.25, 0.3) is 45.0 Å². The summed E-state index contributed by atoms with van der Waals surface area (Å²) in [6, 6.07) is 55.1. The molecule has 0 bridgehead atoms. The second-order valence-electron chi connectivity index (χ2n) is 10.9. The van der Waals surface area contributed by atoms with Crippen LogP contribution in [-0.2, 0) is 5.41 Å². The smallest absolute Gasteiger partial charge is 0.208 e. The SMILES string of the molecule is Clc1nc(-c2ccccc2-c2ccccc2)nc(-c2cccc3c2-c2ccccc2C3(c2ccccc2)c2ccccc2)n1. The molecule has 3 nitrogen and oxygen atoms in total. The van der Waals surface area contributed by atoms with E-state index in [1.165, 1.54) is 22.3 Å². The monoisotopic (exact) mass is 583 g/mol. The predicted molar refractivity (Wildman–Crippen MR) is 178 cm³/mol. The number of rotatable bonds is 5. The first-order chi connectivity index (χ1) is 21.7. The van der Waals surface area contributed by atoms with Crippen molar-refractivity contribution in [1.29, 1.82) is 0 Å². The van der Waals surface area contributed by atoms with Gasteiger partial charge in [0.1, 0.15) is 0 Å². The summed E-state index contributed by atoms with van der Waals surface area (Å²) in [6.45, 7) is 0. The first-order valence-corrected chi connectivity index (χ1v) is 15.0. The number of aromatic nitrogens is 3. The van der Waals surface area contributed by atoms with Gasteiger partial charge in [-0.2, -0.15) is 9.97 Å². The van der Waals surface area contributed by atoms with Crippen LogP contribution in [0.15, 0.2) is 158 Å². The summed E-state index contributed by atoms with van der Waals surface area (Å²) in [5.41, 5.74) is 10.6. The summed E-state index contributed by atoms with van der Waals surface area (Å²) in [6.07, 6.45) is 0. The number of hydrogen-bond donors (Lipinski definition) is 0. The lowest BCUT2D eigenvalue weighted by Crippen LogP contribution is -2.28. The van der Waals surface area contributed by atoms with E-state index in [1.54, 1.807) is 0 Å². The van der Waals surface area contributed by atoms with Crippen LogP contribution in [0.2, 0.25) is 5.28 Å². The molecule has 4 heteroatoms. The number of hydrogen-bond acceptors (Lipinski definition) is 3. The van der Waals surface area contributed by atoms with Crippen molar-refractivity contribution in [3.05, 3.63) is 185 Å². The highest BCUT2D eigenvalue weighted by Gasteiger charge is 2.46. The van der Waals surface area contributed by atoms with Gasteiger partial charge in [0.15, 0.2) is 11.6 Å². The molecule has 0 spiro atoms. The van der Waals surface area contributed by atoms with Crippen molar-refractivity contribution in [1.82, 2.24) is 15.0 Å². The Labute approximate surface area is 261 Å². The Bertz CT molecular complexity index is 2090. The molecule has 1 aliphatic rings. The number of fused-ring (bicyclic) bond motifs is 3.